The number of hydrogen-bond donors (Lipinski definition) is 2. The van der Waals surface area contributed by atoms with E-state index in [4.69, 9.17) is 4.74 Å². The molecule has 2 aromatic rings. The molecule has 1 heterocycles. The molecule has 0 spiro atoms. The minimum absolute atomic E-state index is 0.0609. The molecule has 6 nitrogen and oxygen atoms in total. The largest absolute Gasteiger partial charge is 0.497 e. The van der Waals surface area contributed by atoms with E-state index in [9.17, 15) is 9.59 Å². The first kappa shape index (κ1) is 19.0. The number of benzene rings is 1. The Morgan fingerprint density at radius 2 is 1.88 bits per heavy atom. The maximum atomic E-state index is 12.0. The highest BCUT2D eigenvalue weighted by Crippen LogP contribution is 2.19. The summed E-state index contributed by atoms with van der Waals surface area (Å²) in [5.41, 5.74) is 1.65. The average Bonchev–Trinajstić information content (AvgIpc) is 3.14. The zero-order valence-corrected chi connectivity index (χ0v) is 15.4. The van der Waals surface area contributed by atoms with E-state index in [0.29, 0.717) is 17.9 Å². The summed E-state index contributed by atoms with van der Waals surface area (Å²) in [6.07, 6.45) is 0. The van der Waals surface area contributed by atoms with E-state index in [0.717, 1.165) is 5.56 Å². The van der Waals surface area contributed by atoms with Crippen LogP contribution in [0.1, 0.15) is 22.0 Å². The number of likely N-dealkylation sites (N-methyl/N-ethyl adjacent to an activating group) is 1. The third kappa shape index (κ3) is 5.58. The second kappa shape index (κ2) is 9.19. The molecule has 1 atom stereocenters. The second-order valence-corrected chi connectivity index (χ2v) is 6.53. The van der Waals surface area contributed by atoms with Gasteiger partial charge in [-0.3, -0.25) is 9.59 Å². The SMILES string of the molecule is COc1ccc(C(=O)NCC(=O)NCC(c2ccsc2)N(C)C)cc1. The van der Waals surface area contributed by atoms with Gasteiger partial charge < -0.3 is 20.3 Å². The van der Waals surface area contributed by atoms with Gasteiger partial charge in [0.1, 0.15) is 5.75 Å². The van der Waals surface area contributed by atoms with E-state index in [2.05, 4.69) is 20.9 Å². The summed E-state index contributed by atoms with van der Waals surface area (Å²) in [6, 6.07) is 8.88. The molecule has 0 fully saturated rings. The van der Waals surface area contributed by atoms with Crippen molar-refractivity contribution in [2.75, 3.05) is 34.3 Å². The van der Waals surface area contributed by atoms with Gasteiger partial charge in [0.15, 0.2) is 0 Å². The van der Waals surface area contributed by atoms with Gasteiger partial charge in [-0.05, 0) is 60.8 Å². The number of amides is 2. The number of nitrogens with zero attached hydrogens (tertiary/aromatic N) is 1. The van der Waals surface area contributed by atoms with Crippen molar-refractivity contribution in [2.45, 2.75) is 6.04 Å². The zero-order chi connectivity index (χ0) is 18.2. The summed E-state index contributed by atoms with van der Waals surface area (Å²) >= 11 is 1.63. The molecule has 1 aromatic carbocycles. The fraction of sp³-hybridized carbons (Fsp3) is 0.333. The summed E-state index contributed by atoms with van der Waals surface area (Å²) < 4.78 is 5.05. The Labute approximate surface area is 151 Å². The van der Waals surface area contributed by atoms with Crippen molar-refractivity contribution in [2.24, 2.45) is 0 Å². The summed E-state index contributed by atoms with van der Waals surface area (Å²) in [6.45, 7) is 0.426. The molecule has 1 unspecified atom stereocenters. The van der Waals surface area contributed by atoms with Gasteiger partial charge in [0.2, 0.25) is 5.91 Å². The van der Waals surface area contributed by atoms with Gasteiger partial charge in [-0.1, -0.05) is 0 Å². The number of nitrogens with one attached hydrogen (secondary N) is 2. The summed E-state index contributed by atoms with van der Waals surface area (Å²) in [5.74, 6) is 0.168. The van der Waals surface area contributed by atoms with Crippen molar-refractivity contribution >= 4 is 23.2 Å². The fourth-order valence-corrected chi connectivity index (χ4v) is 3.05. The van der Waals surface area contributed by atoms with Crippen LogP contribution in [-0.4, -0.2) is 51.0 Å². The molecule has 0 saturated heterocycles. The number of rotatable bonds is 8. The van der Waals surface area contributed by atoms with Crippen LogP contribution in [0.15, 0.2) is 41.1 Å². The first-order valence-corrected chi connectivity index (χ1v) is 8.83. The van der Waals surface area contributed by atoms with Crippen LogP contribution in [0, 0.1) is 0 Å². The molecule has 2 N–H and O–H groups in total. The molecule has 2 rings (SSSR count). The first-order chi connectivity index (χ1) is 12.0. The molecule has 0 radical (unpaired) electrons. The lowest BCUT2D eigenvalue weighted by atomic mass is 10.1. The van der Waals surface area contributed by atoms with Crippen molar-refractivity contribution in [1.82, 2.24) is 15.5 Å². The third-order valence-electron chi connectivity index (χ3n) is 3.81. The van der Waals surface area contributed by atoms with Crippen LogP contribution < -0.4 is 15.4 Å². The first-order valence-electron chi connectivity index (χ1n) is 7.88. The Morgan fingerprint density at radius 3 is 2.44 bits per heavy atom. The second-order valence-electron chi connectivity index (χ2n) is 5.75. The highest BCUT2D eigenvalue weighted by atomic mass is 32.1. The maximum absolute atomic E-state index is 12.0. The molecule has 1 aromatic heterocycles. The van der Waals surface area contributed by atoms with Crippen molar-refractivity contribution < 1.29 is 14.3 Å². The predicted octanol–water partition coefficient (Wildman–Crippen LogP) is 1.91. The van der Waals surface area contributed by atoms with Gasteiger partial charge in [0.05, 0.1) is 19.7 Å². The van der Waals surface area contributed by atoms with E-state index in [1.807, 2.05) is 25.5 Å². The molecule has 0 bridgehead atoms. The lowest BCUT2D eigenvalue weighted by molar-refractivity contribution is -0.120. The molecule has 134 valence electrons. The van der Waals surface area contributed by atoms with E-state index in [1.54, 1.807) is 42.7 Å². The van der Waals surface area contributed by atoms with Crippen LogP contribution in [0.5, 0.6) is 5.75 Å². The molecule has 0 aliphatic carbocycles. The molecule has 0 aliphatic heterocycles. The van der Waals surface area contributed by atoms with E-state index in [1.165, 1.54) is 0 Å². The maximum Gasteiger partial charge on any atom is 0.251 e. The number of thiophene rings is 1. The number of methoxy groups -OCH3 is 1. The normalized spacial score (nSPS) is 11.8. The van der Waals surface area contributed by atoms with Gasteiger partial charge in [-0.25, -0.2) is 0 Å². The Hall–Kier alpha value is -2.38. The third-order valence-corrected chi connectivity index (χ3v) is 4.51. The quantitative estimate of drug-likeness (QED) is 0.753. The lowest BCUT2D eigenvalue weighted by Gasteiger charge is -2.24. The van der Waals surface area contributed by atoms with E-state index < -0.39 is 0 Å². The summed E-state index contributed by atoms with van der Waals surface area (Å²) in [7, 11) is 5.51. The molecule has 2 amide bonds. The number of carbonyl (C=O) groups is 2. The highest BCUT2D eigenvalue weighted by molar-refractivity contribution is 7.07. The summed E-state index contributed by atoms with van der Waals surface area (Å²) in [4.78, 5) is 26.1. The van der Waals surface area contributed by atoms with Gasteiger partial charge in [0, 0.05) is 12.1 Å². The average molecular weight is 361 g/mol. The van der Waals surface area contributed by atoms with Crippen LogP contribution in [0.3, 0.4) is 0 Å². The van der Waals surface area contributed by atoms with E-state index in [-0.39, 0.29) is 24.4 Å². The highest BCUT2D eigenvalue weighted by Gasteiger charge is 2.16. The zero-order valence-electron chi connectivity index (χ0n) is 14.6. The topological polar surface area (TPSA) is 70.7 Å². The van der Waals surface area contributed by atoms with Gasteiger partial charge in [-0.2, -0.15) is 11.3 Å². The van der Waals surface area contributed by atoms with Gasteiger partial charge in [0.25, 0.3) is 5.91 Å². The number of carbonyl (C=O) groups excluding carboxylic acids is 2. The van der Waals surface area contributed by atoms with Crippen molar-refractivity contribution in [3.05, 3.63) is 52.2 Å². The Kier molecular flexibility index (Phi) is 6.97. The smallest absolute Gasteiger partial charge is 0.251 e. The van der Waals surface area contributed by atoms with Crippen molar-refractivity contribution in [1.29, 1.82) is 0 Å². The minimum Gasteiger partial charge on any atom is -0.497 e. The van der Waals surface area contributed by atoms with Crippen LogP contribution in [0.2, 0.25) is 0 Å². The summed E-state index contributed by atoms with van der Waals surface area (Å²) in [5, 5.41) is 9.58. The number of hydrogen-bond acceptors (Lipinski definition) is 5. The lowest BCUT2D eigenvalue weighted by Crippen LogP contribution is -2.40. The van der Waals surface area contributed by atoms with Crippen LogP contribution in [-0.2, 0) is 4.79 Å². The Bertz CT molecular complexity index is 684. The van der Waals surface area contributed by atoms with Crippen molar-refractivity contribution in [3.63, 3.8) is 0 Å². The van der Waals surface area contributed by atoms with Crippen LogP contribution in [0.25, 0.3) is 0 Å². The monoisotopic (exact) mass is 361 g/mol. The molecular formula is C18H23N3O3S. The van der Waals surface area contributed by atoms with Gasteiger partial charge in [-0.15, -0.1) is 0 Å². The Morgan fingerprint density at radius 1 is 1.16 bits per heavy atom. The molecule has 0 aliphatic rings. The molecule has 0 saturated carbocycles. The van der Waals surface area contributed by atoms with Crippen molar-refractivity contribution in [3.8, 4) is 5.75 Å². The number of ether oxygens (including phenoxy) is 1. The standard InChI is InChI=1S/C18H23N3O3S/c1-21(2)16(14-8-9-25-12-14)10-19-17(22)11-20-18(23)13-4-6-15(24-3)7-5-13/h4-9,12,16H,10-11H2,1-3H3,(H,19,22)(H,20,23). The predicted molar refractivity (Wildman–Crippen MR) is 99.1 cm³/mol. The molecular weight excluding hydrogens is 338 g/mol. The van der Waals surface area contributed by atoms with Crippen LogP contribution in [0.4, 0.5) is 0 Å². The fourth-order valence-electron chi connectivity index (χ4n) is 2.34. The minimum atomic E-state index is -0.292. The molecule has 7 heteroatoms. The van der Waals surface area contributed by atoms with E-state index >= 15 is 0 Å². The van der Waals surface area contributed by atoms with Gasteiger partial charge >= 0.3 is 0 Å². The van der Waals surface area contributed by atoms with Crippen LogP contribution >= 0.6 is 11.3 Å². The Balaban J connectivity index is 1.80. The molecule has 25 heavy (non-hydrogen) atoms.